The van der Waals surface area contributed by atoms with Crippen molar-refractivity contribution >= 4 is 34.7 Å². The molecule has 2 aromatic rings. The van der Waals surface area contributed by atoms with Crippen molar-refractivity contribution in [2.45, 2.75) is 32.1 Å². The number of halogens is 1. The van der Waals surface area contributed by atoms with E-state index in [1.807, 2.05) is 43.3 Å². The fourth-order valence-corrected chi connectivity index (χ4v) is 4.59. The number of carbonyl (C=O) groups is 2. The third-order valence-electron chi connectivity index (χ3n) is 5.69. The predicted octanol–water partition coefficient (Wildman–Crippen LogP) is 5.17. The second-order valence-electron chi connectivity index (χ2n) is 7.59. The molecule has 2 atom stereocenters. The number of allylic oxidation sites excluding steroid dienone is 2. The van der Waals surface area contributed by atoms with Gasteiger partial charge in [0.05, 0.1) is 18.1 Å². The maximum atomic E-state index is 13.4. The van der Waals surface area contributed by atoms with Crippen molar-refractivity contribution in [1.29, 1.82) is 0 Å². The lowest BCUT2D eigenvalue weighted by molar-refractivity contribution is -0.119. The van der Waals surface area contributed by atoms with Crippen molar-refractivity contribution in [2.24, 2.45) is 10.9 Å². The standard InChI is InChI=1S/C24H23ClN2O3/c1-14-21(24(29)27-16-7-4-3-5-8-16)22(15-11-12-20(30-2)17(25)13-15)23-18(26-14)9-6-10-19(23)28/h3-5,7-8,11-13,21-22H,6,9-10H2,1-2H3,(H,27,29)/t21?,22-/m1/s1. The summed E-state index contributed by atoms with van der Waals surface area (Å²) in [5.41, 5.74) is 3.65. The van der Waals surface area contributed by atoms with Crippen molar-refractivity contribution in [3.63, 3.8) is 0 Å². The first kappa shape index (κ1) is 20.4. The van der Waals surface area contributed by atoms with Gasteiger partial charge in [0.15, 0.2) is 5.78 Å². The molecule has 0 saturated heterocycles. The number of amides is 1. The monoisotopic (exact) mass is 422 g/mol. The molecule has 0 spiro atoms. The summed E-state index contributed by atoms with van der Waals surface area (Å²) in [5.74, 6) is -0.616. The van der Waals surface area contributed by atoms with Gasteiger partial charge in [-0.2, -0.15) is 0 Å². The first-order chi connectivity index (χ1) is 14.5. The summed E-state index contributed by atoms with van der Waals surface area (Å²) in [6, 6.07) is 14.7. The lowest BCUT2D eigenvalue weighted by atomic mass is 9.71. The Balaban J connectivity index is 1.80. The third-order valence-corrected chi connectivity index (χ3v) is 5.99. The van der Waals surface area contributed by atoms with Crippen molar-refractivity contribution in [2.75, 3.05) is 12.4 Å². The van der Waals surface area contributed by atoms with E-state index < -0.39 is 11.8 Å². The van der Waals surface area contributed by atoms with E-state index in [2.05, 4.69) is 10.3 Å². The van der Waals surface area contributed by atoms with E-state index in [0.29, 0.717) is 34.2 Å². The first-order valence-electron chi connectivity index (χ1n) is 10.0. The van der Waals surface area contributed by atoms with Crippen LogP contribution in [0.3, 0.4) is 0 Å². The number of ether oxygens (including phenoxy) is 1. The van der Waals surface area contributed by atoms with Gasteiger partial charge in [-0.05, 0) is 49.6 Å². The first-order valence-corrected chi connectivity index (χ1v) is 10.4. The second-order valence-corrected chi connectivity index (χ2v) is 8.00. The average molecular weight is 423 g/mol. The van der Waals surface area contributed by atoms with Crippen LogP contribution in [0.2, 0.25) is 5.02 Å². The molecule has 1 unspecified atom stereocenters. The molecule has 0 aromatic heterocycles. The SMILES string of the molecule is COc1ccc([C@H]2C3=C(CCCC3=O)N=C(C)C2C(=O)Nc2ccccc2)cc1Cl. The van der Waals surface area contributed by atoms with Crippen LogP contribution >= 0.6 is 11.6 Å². The Kier molecular flexibility index (Phi) is 5.73. The number of hydrogen-bond acceptors (Lipinski definition) is 4. The summed E-state index contributed by atoms with van der Waals surface area (Å²) >= 11 is 6.40. The number of nitrogens with zero attached hydrogens (tertiary/aromatic N) is 1. The van der Waals surface area contributed by atoms with Crippen molar-refractivity contribution in [3.8, 4) is 5.75 Å². The molecule has 0 radical (unpaired) electrons. The molecule has 154 valence electrons. The zero-order valence-corrected chi connectivity index (χ0v) is 17.7. The van der Waals surface area contributed by atoms with E-state index in [4.69, 9.17) is 16.3 Å². The van der Waals surface area contributed by atoms with E-state index >= 15 is 0 Å². The molecule has 0 bridgehead atoms. The topological polar surface area (TPSA) is 67.8 Å². The molecule has 1 heterocycles. The zero-order chi connectivity index (χ0) is 21.3. The molecule has 2 aromatic carbocycles. The van der Waals surface area contributed by atoms with Gasteiger partial charge in [-0.15, -0.1) is 0 Å². The lowest BCUT2D eigenvalue weighted by Crippen LogP contribution is -2.39. The van der Waals surface area contributed by atoms with Gasteiger partial charge < -0.3 is 10.1 Å². The van der Waals surface area contributed by atoms with E-state index in [1.165, 1.54) is 0 Å². The number of hydrogen-bond donors (Lipinski definition) is 1. The molecule has 0 saturated carbocycles. The number of ketones is 1. The molecule has 2 aliphatic rings. The smallest absolute Gasteiger partial charge is 0.234 e. The number of Topliss-reactive ketones (excluding diaryl/α,β-unsaturated/α-hetero) is 1. The van der Waals surface area contributed by atoms with Crippen LogP contribution in [0.1, 0.15) is 37.7 Å². The minimum atomic E-state index is -0.601. The fraction of sp³-hybridized carbons (Fsp3) is 0.292. The van der Waals surface area contributed by atoms with Gasteiger partial charge >= 0.3 is 0 Å². The largest absolute Gasteiger partial charge is 0.495 e. The number of nitrogens with one attached hydrogen (secondary N) is 1. The Labute approximate surface area is 180 Å². The predicted molar refractivity (Wildman–Crippen MR) is 118 cm³/mol. The Morgan fingerprint density at radius 3 is 2.63 bits per heavy atom. The van der Waals surface area contributed by atoms with Crippen LogP contribution in [-0.4, -0.2) is 24.5 Å². The summed E-state index contributed by atoms with van der Waals surface area (Å²) in [6.45, 7) is 1.86. The number of anilines is 1. The molecule has 30 heavy (non-hydrogen) atoms. The highest BCUT2D eigenvalue weighted by molar-refractivity contribution is 6.32. The van der Waals surface area contributed by atoms with E-state index in [-0.39, 0.29) is 11.7 Å². The number of benzene rings is 2. The minimum Gasteiger partial charge on any atom is -0.495 e. The van der Waals surface area contributed by atoms with Crippen LogP contribution < -0.4 is 10.1 Å². The summed E-state index contributed by atoms with van der Waals surface area (Å²) < 4.78 is 5.28. The number of aliphatic imine (C=N–C) groups is 1. The van der Waals surface area contributed by atoms with Gasteiger partial charge in [0.1, 0.15) is 5.75 Å². The highest BCUT2D eigenvalue weighted by atomic mass is 35.5. The van der Waals surface area contributed by atoms with Crippen LogP contribution in [0.4, 0.5) is 5.69 Å². The van der Waals surface area contributed by atoms with Gasteiger partial charge in [0.2, 0.25) is 5.91 Å². The van der Waals surface area contributed by atoms with Crippen molar-refractivity contribution in [1.82, 2.24) is 0 Å². The fourth-order valence-electron chi connectivity index (χ4n) is 4.32. The summed E-state index contributed by atoms with van der Waals surface area (Å²) in [7, 11) is 1.56. The van der Waals surface area contributed by atoms with E-state index in [0.717, 1.165) is 24.1 Å². The Bertz CT molecular complexity index is 1060. The molecular weight excluding hydrogens is 400 g/mol. The van der Waals surface area contributed by atoms with Crippen LogP contribution in [0.15, 0.2) is 64.8 Å². The van der Waals surface area contributed by atoms with Gasteiger partial charge in [0.25, 0.3) is 0 Å². The van der Waals surface area contributed by atoms with E-state index in [1.54, 1.807) is 19.2 Å². The quantitative estimate of drug-likeness (QED) is 0.739. The van der Waals surface area contributed by atoms with Gasteiger partial charge in [0, 0.05) is 35.0 Å². The number of carbonyl (C=O) groups excluding carboxylic acids is 2. The molecule has 1 aliphatic carbocycles. The highest BCUT2D eigenvalue weighted by Gasteiger charge is 2.42. The van der Waals surface area contributed by atoms with E-state index in [9.17, 15) is 9.59 Å². The average Bonchev–Trinajstić information content (AvgIpc) is 2.73. The maximum absolute atomic E-state index is 13.4. The molecule has 1 aliphatic heterocycles. The Morgan fingerprint density at radius 1 is 1.17 bits per heavy atom. The number of rotatable bonds is 4. The van der Waals surface area contributed by atoms with Crippen molar-refractivity contribution < 1.29 is 14.3 Å². The summed E-state index contributed by atoms with van der Waals surface area (Å²) in [5, 5.41) is 3.42. The molecule has 5 nitrogen and oxygen atoms in total. The minimum absolute atomic E-state index is 0.0574. The van der Waals surface area contributed by atoms with Crippen LogP contribution in [0, 0.1) is 5.92 Å². The van der Waals surface area contributed by atoms with Gasteiger partial charge in [-0.25, -0.2) is 0 Å². The zero-order valence-electron chi connectivity index (χ0n) is 16.9. The molecule has 1 amide bonds. The third kappa shape index (κ3) is 3.77. The van der Waals surface area contributed by atoms with Gasteiger partial charge in [-0.1, -0.05) is 35.9 Å². The molecule has 4 rings (SSSR count). The summed E-state index contributed by atoms with van der Waals surface area (Å²) in [6.07, 6.45) is 2.00. The molecular formula is C24H23ClN2O3. The van der Waals surface area contributed by atoms with Crippen LogP contribution in [-0.2, 0) is 9.59 Å². The Morgan fingerprint density at radius 2 is 1.93 bits per heavy atom. The lowest BCUT2D eigenvalue weighted by Gasteiger charge is -2.35. The van der Waals surface area contributed by atoms with Crippen LogP contribution in [0.5, 0.6) is 5.75 Å². The molecule has 6 heteroatoms. The summed E-state index contributed by atoms with van der Waals surface area (Å²) in [4.78, 5) is 31.0. The number of para-hydroxylation sites is 1. The maximum Gasteiger partial charge on any atom is 0.234 e. The second kappa shape index (κ2) is 8.44. The molecule has 1 N–H and O–H groups in total. The van der Waals surface area contributed by atoms with Gasteiger partial charge in [-0.3, -0.25) is 14.6 Å². The van der Waals surface area contributed by atoms with Crippen LogP contribution in [0.25, 0.3) is 0 Å². The number of methoxy groups -OCH3 is 1. The van der Waals surface area contributed by atoms with Crippen molar-refractivity contribution in [3.05, 3.63) is 70.4 Å². The molecule has 0 fully saturated rings. The normalized spacial score (nSPS) is 21.0. The Hall–Kier alpha value is -2.92. The highest BCUT2D eigenvalue weighted by Crippen LogP contribution is 2.44.